The third-order valence-corrected chi connectivity index (χ3v) is 5.52. The Hall–Kier alpha value is -1.26. The average molecular weight is 280 g/mol. The van der Waals surface area contributed by atoms with Gasteiger partial charge in [-0.15, -0.1) is 0 Å². The van der Waals surface area contributed by atoms with Gasteiger partial charge in [-0.25, -0.2) is 4.79 Å². The lowest BCUT2D eigenvalue weighted by Gasteiger charge is -2.43. The molecule has 112 valence electrons. The largest absolute Gasteiger partial charge is 0.481 e. The fraction of sp³-hybridized carbons (Fsp3) is 0.867. The van der Waals surface area contributed by atoms with Gasteiger partial charge in [0.1, 0.15) is 0 Å². The Morgan fingerprint density at radius 3 is 2.25 bits per heavy atom. The number of amides is 2. The van der Waals surface area contributed by atoms with Crippen molar-refractivity contribution >= 4 is 12.0 Å². The number of carbonyl (C=O) groups excluding carboxylic acids is 1. The highest BCUT2D eigenvalue weighted by Gasteiger charge is 2.49. The number of rotatable bonds is 4. The highest BCUT2D eigenvalue weighted by atomic mass is 16.4. The molecule has 0 spiro atoms. The van der Waals surface area contributed by atoms with E-state index in [1.165, 1.54) is 32.1 Å². The van der Waals surface area contributed by atoms with Crippen LogP contribution in [0, 0.1) is 17.3 Å². The summed E-state index contributed by atoms with van der Waals surface area (Å²) in [6.45, 7) is 1.95. The van der Waals surface area contributed by atoms with Gasteiger partial charge in [0.2, 0.25) is 0 Å². The number of piperidine rings is 1. The second kappa shape index (κ2) is 5.26. The Morgan fingerprint density at radius 1 is 1.15 bits per heavy atom. The second-order valence-electron chi connectivity index (χ2n) is 6.75. The molecule has 1 saturated heterocycles. The molecule has 3 fully saturated rings. The van der Waals surface area contributed by atoms with E-state index in [1.54, 1.807) is 4.90 Å². The van der Waals surface area contributed by atoms with E-state index in [-0.39, 0.29) is 11.9 Å². The summed E-state index contributed by atoms with van der Waals surface area (Å²) in [5.41, 5.74) is 0.398. The first-order valence-electron chi connectivity index (χ1n) is 7.86. The monoisotopic (exact) mass is 280 g/mol. The summed E-state index contributed by atoms with van der Waals surface area (Å²) < 4.78 is 0. The molecule has 0 atom stereocenters. The third kappa shape index (κ3) is 2.63. The number of carboxylic acid groups (broad SMARTS) is 1. The quantitative estimate of drug-likeness (QED) is 0.828. The van der Waals surface area contributed by atoms with Crippen LogP contribution in [0.25, 0.3) is 0 Å². The molecule has 2 saturated carbocycles. The van der Waals surface area contributed by atoms with Gasteiger partial charge >= 0.3 is 12.0 Å². The van der Waals surface area contributed by atoms with Crippen LogP contribution in [-0.4, -0.2) is 41.6 Å². The van der Waals surface area contributed by atoms with Gasteiger partial charge in [-0.1, -0.05) is 6.42 Å². The van der Waals surface area contributed by atoms with Gasteiger partial charge in [-0.3, -0.25) is 4.79 Å². The van der Waals surface area contributed by atoms with Gasteiger partial charge in [-0.05, 0) is 49.9 Å². The van der Waals surface area contributed by atoms with Gasteiger partial charge in [0, 0.05) is 19.6 Å². The zero-order chi connectivity index (χ0) is 14.2. The maximum absolute atomic E-state index is 12.2. The number of aliphatic carboxylic acids is 1. The van der Waals surface area contributed by atoms with Crippen molar-refractivity contribution in [3.8, 4) is 0 Å². The van der Waals surface area contributed by atoms with Gasteiger partial charge < -0.3 is 15.3 Å². The summed E-state index contributed by atoms with van der Waals surface area (Å²) in [5.74, 6) is -0.162. The van der Waals surface area contributed by atoms with E-state index in [0.29, 0.717) is 31.3 Å². The van der Waals surface area contributed by atoms with E-state index >= 15 is 0 Å². The zero-order valence-electron chi connectivity index (χ0n) is 11.9. The number of hydrogen-bond acceptors (Lipinski definition) is 2. The van der Waals surface area contributed by atoms with E-state index < -0.39 is 5.97 Å². The number of urea groups is 1. The number of carboxylic acids is 1. The minimum absolute atomic E-state index is 0.000707. The standard InChI is InChI=1S/C15H24N2O3/c18-13(19)11-4-8-17(9-5-11)14(20)16-10-15(6-1-7-15)12-2-3-12/h11-12H,1-10H2,(H,16,20)(H,18,19). The second-order valence-corrected chi connectivity index (χ2v) is 6.75. The number of likely N-dealkylation sites (tertiary alicyclic amines) is 1. The SMILES string of the molecule is O=C(O)C1CCN(C(=O)NCC2(C3CC3)CCC2)CC1. The van der Waals surface area contributed by atoms with Crippen molar-refractivity contribution in [3.63, 3.8) is 0 Å². The first-order valence-corrected chi connectivity index (χ1v) is 7.86. The molecule has 2 N–H and O–H groups in total. The molecule has 2 aliphatic carbocycles. The van der Waals surface area contributed by atoms with Crippen LogP contribution in [0.5, 0.6) is 0 Å². The van der Waals surface area contributed by atoms with E-state index in [0.717, 1.165) is 12.5 Å². The van der Waals surface area contributed by atoms with E-state index in [4.69, 9.17) is 5.11 Å². The Balaban J connectivity index is 1.44. The number of carbonyl (C=O) groups is 2. The molecule has 0 unspecified atom stereocenters. The van der Waals surface area contributed by atoms with Crippen LogP contribution < -0.4 is 5.32 Å². The van der Waals surface area contributed by atoms with E-state index in [1.807, 2.05) is 0 Å². The fourth-order valence-corrected chi connectivity index (χ4v) is 3.75. The van der Waals surface area contributed by atoms with Crippen LogP contribution in [0.2, 0.25) is 0 Å². The molecule has 20 heavy (non-hydrogen) atoms. The first-order chi connectivity index (χ1) is 9.61. The van der Waals surface area contributed by atoms with Crippen molar-refractivity contribution in [3.05, 3.63) is 0 Å². The molecular formula is C15H24N2O3. The molecule has 0 bridgehead atoms. The Labute approximate surface area is 119 Å². The average Bonchev–Trinajstić information content (AvgIpc) is 3.22. The predicted octanol–water partition coefficient (Wildman–Crippen LogP) is 2.07. The van der Waals surface area contributed by atoms with Crippen LogP contribution in [0.15, 0.2) is 0 Å². The number of nitrogens with one attached hydrogen (secondary N) is 1. The lowest BCUT2D eigenvalue weighted by atomic mass is 9.65. The minimum Gasteiger partial charge on any atom is -0.481 e. The highest BCUT2D eigenvalue weighted by molar-refractivity contribution is 5.75. The summed E-state index contributed by atoms with van der Waals surface area (Å²) in [6, 6.07) is 0.000707. The summed E-state index contributed by atoms with van der Waals surface area (Å²) in [6.07, 6.45) is 7.65. The molecule has 0 aromatic rings. The lowest BCUT2D eigenvalue weighted by Crippen LogP contribution is -2.50. The molecule has 0 aromatic carbocycles. The van der Waals surface area contributed by atoms with Crippen molar-refractivity contribution in [2.45, 2.75) is 44.9 Å². The van der Waals surface area contributed by atoms with Crippen molar-refractivity contribution in [1.29, 1.82) is 0 Å². The van der Waals surface area contributed by atoms with E-state index in [2.05, 4.69) is 5.32 Å². The maximum Gasteiger partial charge on any atom is 0.317 e. The zero-order valence-corrected chi connectivity index (χ0v) is 11.9. The topological polar surface area (TPSA) is 69.6 Å². The Bertz CT molecular complexity index is 394. The molecule has 1 heterocycles. The smallest absolute Gasteiger partial charge is 0.317 e. The third-order valence-electron chi connectivity index (χ3n) is 5.52. The van der Waals surface area contributed by atoms with Gasteiger partial charge in [-0.2, -0.15) is 0 Å². The summed E-state index contributed by atoms with van der Waals surface area (Å²) in [7, 11) is 0. The molecule has 0 radical (unpaired) electrons. The molecule has 3 rings (SSSR count). The molecule has 2 amide bonds. The van der Waals surface area contributed by atoms with Gasteiger partial charge in [0.15, 0.2) is 0 Å². The van der Waals surface area contributed by atoms with Crippen LogP contribution >= 0.6 is 0 Å². The number of nitrogens with zero attached hydrogens (tertiary/aromatic N) is 1. The molecule has 5 nitrogen and oxygen atoms in total. The van der Waals surface area contributed by atoms with E-state index in [9.17, 15) is 9.59 Å². The molecule has 5 heteroatoms. The van der Waals surface area contributed by atoms with Crippen LogP contribution in [-0.2, 0) is 4.79 Å². The minimum atomic E-state index is -0.729. The van der Waals surface area contributed by atoms with Crippen molar-refractivity contribution < 1.29 is 14.7 Å². The van der Waals surface area contributed by atoms with Crippen LogP contribution in [0.3, 0.4) is 0 Å². The van der Waals surface area contributed by atoms with Crippen molar-refractivity contribution in [1.82, 2.24) is 10.2 Å². The van der Waals surface area contributed by atoms with Crippen molar-refractivity contribution in [2.75, 3.05) is 19.6 Å². The van der Waals surface area contributed by atoms with Crippen molar-refractivity contribution in [2.24, 2.45) is 17.3 Å². The van der Waals surface area contributed by atoms with Crippen LogP contribution in [0.1, 0.15) is 44.9 Å². The molecule has 1 aliphatic heterocycles. The maximum atomic E-state index is 12.2. The van der Waals surface area contributed by atoms with Gasteiger partial charge in [0.05, 0.1) is 5.92 Å². The lowest BCUT2D eigenvalue weighted by molar-refractivity contribution is -0.143. The van der Waals surface area contributed by atoms with Crippen LogP contribution in [0.4, 0.5) is 4.79 Å². The summed E-state index contributed by atoms with van der Waals surface area (Å²) >= 11 is 0. The number of hydrogen-bond donors (Lipinski definition) is 2. The Morgan fingerprint density at radius 2 is 1.80 bits per heavy atom. The first kappa shape index (κ1) is 13.7. The Kier molecular flexibility index (Phi) is 3.61. The highest BCUT2D eigenvalue weighted by Crippen LogP contribution is 2.56. The molecule has 0 aromatic heterocycles. The normalized spacial score (nSPS) is 25.9. The summed E-state index contributed by atoms with van der Waals surface area (Å²) in [4.78, 5) is 24.8. The predicted molar refractivity (Wildman–Crippen MR) is 74.3 cm³/mol. The fourth-order valence-electron chi connectivity index (χ4n) is 3.75. The molecule has 3 aliphatic rings. The van der Waals surface area contributed by atoms with Gasteiger partial charge in [0.25, 0.3) is 0 Å². The summed E-state index contributed by atoms with van der Waals surface area (Å²) in [5, 5.41) is 12.1. The molecular weight excluding hydrogens is 256 g/mol.